The molecule has 1 atom stereocenters. The largest absolute Gasteiger partial charge is 0.349 e. The molecular formula is C11H18N4O. The van der Waals surface area contributed by atoms with E-state index in [0.29, 0.717) is 18.9 Å². The van der Waals surface area contributed by atoms with Crippen LogP contribution >= 0.6 is 0 Å². The van der Waals surface area contributed by atoms with Gasteiger partial charge in [-0.15, -0.1) is 0 Å². The van der Waals surface area contributed by atoms with Crippen molar-refractivity contribution in [1.82, 2.24) is 15.3 Å². The molecule has 1 heterocycles. The summed E-state index contributed by atoms with van der Waals surface area (Å²) in [6, 6.07) is -0.448. The second kappa shape index (κ2) is 6.17. The summed E-state index contributed by atoms with van der Waals surface area (Å²) in [4.78, 5) is 19.5. The van der Waals surface area contributed by atoms with Gasteiger partial charge in [-0.1, -0.05) is 13.8 Å². The molecule has 1 aromatic heterocycles. The maximum Gasteiger partial charge on any atom is 0.237 e. The summed E-state index contributed by atoms with van der Waals surface area (Å²) >= 11 is 0. The van der Waals surface area contributed by atoms with E-state index in [0.717, 1.165) is 5.69 Å². The first-order valence-corrected chi connectivity index (χ1v) is 5.37. The van der Waals surface area contributed by atoms with Crippen molar-refractivity contribution in [3.8, 4) is 0 Å². The number of carbonyl (C=O) groups is 1. The van der Waals surface area contributed by atoms with Gasteiger partial charge in [0.25, 0.3) is 0 Å². The number of amides is 1. The average Bonchev–Trinajstić information content (AvgIpc) is 2.26. The summed E-state index contributed by atoms with van der Waals surface area (Å²) in [5.74, 6) is 0.275. The number of carbonyl (C=O) groups excluding carboxylic acids is 1. The Morgan fingerprint density at radius 3 is 2.81 bits per heavy atom. The molecule has 0 saturated carbocycles. The molecule has 1 aromatic rings. The molecule has 0 aliphatic rings. The first-order chi connectivity index (χ1) is 7.59. The van der Waals surface area contributed by atoms with Crippen LogP contribution in [0.4, 0.5) is 0 Å². The molecule has 0 aliphatic heterocycles. The third kappa shape index (κ3) is 4.35. The Bertz CT molecular complexity index is 326. The summed E-state index contributed by atoms with van der Waals surface area (Å²) in [5.41, 5.74) is 6.46. The second-order valence-corrected chi connectivity index (χ2v) is 4.15. The summed E-state index contributed by atoms with van der Waals surface area (Å²) in [7, 11) is 0. The predicted molar refractivity (Wildman–Crippen MR) is 61.3 cm³/mol. The molecule has 0 aliphatic carbocycles. The molecule has 1 amide bonds. The third-order valence-corrected chi connectivity index (χ3v) is 2.12. The van der Waals surface area contributed by atoms with Gasteiger partial charge in [-0.25, -0.2) is 0 Å². The molecule has 0 radical (unpaired) electrons. The van der Waals surface area contributed by atoms with Gasteiger partial charge < -0.3 is 11.1 Å². The Morgan fingerprint density at radius 2 is 2.25 bits per heavy atom. The van der Waals surface area contributed by atoms with E-state index in [2.05, 4.69) is 15.3 Å². The van der Waals surface area contributed by atoms with Crippen molar-refractivity contribution in [2.45, 2.75) is 32.9 Å². The Balaban J connectivity index is 2.35. The Morgan fingerprint density at radius 1 is 1.50 bits per heavy atom. The minimum Gasteiger partial charge on any atom is -0.349 e. The van der Waals surface area contributed by atoms with E-state index in [1.807, 2.05) is 13.8 Å². The Kier molecular flexibility index (Phi) is 4.85. The van der Waals surface area contributed by atoms with Crippen LogP contribution in [0.2, 0.25) is 0 Å². The molecule has 0 aromatic carbocycles. The lowest BCUT2D eigenvalue weighted by atomic mass is 10.0. The van der Waals surface area contributed by atoms with Gasteiger partial charge in [0.2, 0.25) is 5.91 Å². The molecule has 0 spiro atoms. The van der Waals surface area contributed by atoms with E-state index < -0.39 is 6.04 Å². The van der Waals surface area contributed by atoms with Crippen molar-refractivity contribution in [2.24, 2.45) is 11.7 Å². The number of nitrogens with zero attached hydrogens (tertiary/aromatic N) is 2. The molecule has 0 unspecified atom stereocenters. The molecule has 16 heavy (non-hydrogen) atoms. The van der Waals surface area contributed by atoms with Crippen LogP contribution in [-0.4, -0.2) is 21.9 Å². The number of nitrogens with one attached hydrogen (secondary N) is 1. The van der Waals surface area contributed by atoms with E-state index in [9.17, 15) is 4.79 Å². The third-order valence-electron chi connectivity index (χ3n) is 2.12. The molecule has 88 valence electrons. The SMILES string of the molecule is CC(C)C[C@H](N)C(=O)NCc1cnccn1. The highest BCUT2D eigenvalue weighted by Gasteiger charge is 2.14. The molecule has 5 nitrogen and oxygen atoms in total. The maximum absolute atomic E-state index is 11.6. The lowest BCUT2D eigenvalue weighted by Crippen LogP contribution is -2.41. The van der Waals surface area contributed by atoms with Crippen LogP contribution in [0, 0.1) is 5.92 Å². The lowest BCUT2D eigenvalue weighted by molar-refractivity contribution is -0.122. The van der Waals surface area contributed by atoms with Gasteiger partial charge in [-0.05, 0) is 12.3 Å². The first kappa shape index (κ1) is 12.6. The van der Waals surface area contributed by atoms with Crippen LogP contribution in [0.5, 0.6) is 0 Å². The quantitative estimate of drug-likeness (QED) is 0.758. The van der Waals surface area contributed by atoms with Gasteiger partial charge in [0.1, 0.15) is 0 Å². The molecule has 5 heteroatoms. The molecule has 0 bridgehead atoms. The number of hydrogen-bond donors (Lipinski definition) is 2. The van der Waals surface area contributed by atoms with E-state index in [1.165, 1.54) is 0 Å². The normalized spacial score (nSPS) is 12.5. The summed E-state index contributed by atoms with van der Waals surface area (Å²) in [5, 5.41) is 2.74. The van der Waals surface area contributed by atoms with Gasteiger partial charge in [-0.3, -0.25) is 14.8 Å². The molecule has 0 fully saturated rings. The summed E-state index contributed by atoms with van der Waals surface area (Å²) < 4.78 is 0. The van der Waals surface area contributed by atoms with Crippen molar-refractivity contribution >= 4 is 5.91 Å². The van der Waals surface area contributed by atoms with Crippen LogP contribution in [0.15, 0.2) is 18.6 Å². The maximum atomic E-state index is 11.6. The number of aromatic nitrogens is 2. The topological polar surface area (TPSA) is 80.9 Å². The fourth-order valence-corrected chi connectivity index (χ4v) is 1.34. The van der Waals surface area contributed by atoms with Gasteiger partial charge in [0.15, 0.2) is 0 Å². The van der Waals surface area contributed by atoms with Crippen LogP contribution < -0.4 is 11.1 Å². The van der Waals surface area contributed by atoms with Crippen molar-refractivity contribution < 1.29 is 4.79 Å². The van der Waals surface area contributed by atoms with Crippen molar-refractivity contribution in [1.29, 1.82) is 0 Å². The minimum absolute atomic E-state index is 0.139. The van der Waals surface area contributed by atoms with Gasteiger partial charge in [0.05, 0.1) is 24.5 Å². The molecule has 3 N–H and O–H groups in total. The zero-order chi connectivity index (χ0) is 12.0. The zero-order valence-corrected chi connectivity index (χ0v) is 9.68. The predicted octanol–water partition coefficient (Wildman–Crippen LogP) is 0.466. The Hall–Kier alpha value is -1.49. The standard InChI is InChI=1S/C11H18N4O/c1-8(2)5-10(12)11(16)15-7-9-6-13-3-4-14-9/h3-4,6,8,10H,5,7,12H2,1-2H3,(H,15,16)/t10-/m0/s1. The smallest absolute Gasteiger partial charge is 0.237 e. The Labute approximate surface area is 95.5 Å². The van der Waals surface area contributed by atoms with E-state index >= 15 is 0 Å². The fraction of sp³-hybridized carbons (Fsp3) is 0.545. The van der Waals surface area contributed by atoms with E-state index in [-0.39, 0.29) is 5.91 Å². The van der Waals surface area contributed by atoms with Gasteiger partial charge >= 0.3 is 0 Å². The van der Waals surface area contributed by atoms with Crippen molar-refractivity contribution in [3.63, 3.8) is 0 Å². The molecule has 0 saturated heterocycles. The van der Waals surface area contributed by atoms with Gasteiger partial charge in [-0.2, -0.15) is 0 Å². The summed E-state index contributed by atoms with van der Waals surface area (Å²) in [6.07, 6.45) is 5.49. The number of rotatable bonds is 5. The molecular weight excluding hydrogens is 204 g/mol. The highest BCUT2D eigenvalue weighted by molar-refractivity contribution is 5.81. The van der Waals surface area contributed by atoms with Crippen LogP contribution in [0.3, 0.4) is 0 Å². The second-order valence-electron chi connectivity index (χ2n) is 4.15. The van der Waals surface area contributed by atoms with Gasteiger partial charge in [0, 0.05) is 12.4 Å². The van der Waals surface area contributed by atoms with Crippen LogP contribution in [0.1, 0.15) is 26.0 Å². The summed E-state index contributed by atoms with van der Waals surface area (Å²) in [6.45, 7) is 4.45. The average molecular weight is 222 g/mol. The number of nitrogens with two attached hydrogens (primary N) is 1. The van der Waals surface area contributed by atoms with E-state index in [4.69, 9.17) is 5.73 Å². The van der Waals surface area contributed by atoms with E-state index in [1.54, 1.807) is 18.6 Å². The van der Waals surface area contributed by atoms with Crippen LogP contribution in [-0.2, 0) is 11.3 Å². The van der Waals surface area contributed by atoms with Crippen LogP contribution in [0.25, 0.3) is 0 Å². The first-order valence-electron chi connectivity index (χ1n) is 5.37. The fourth-order valence-electron chi connectivity index (χ4n) is 1.34. The zero-order valence-electron chi connectivity index (χ0n) is 9.68. The van der Waals surface area contributed by atoms with Crippen molar-refractivity contribution in [3.05, 3.63) is 24.3 Å². The highest BCUT2D eigenvalue weighted by atomic mass is 16.2. The molecule has 1 rings (SSSR count). The lowest BCUT2D eigenvalue weighted by Gasteiger charge is -2.13. The van der Waals surface area contributed by atoms with Crippen molar-refractivity contribution in [2.75, 3.05) is 0 Å². The number of hydrogen-bond acceptors (Lipinski definition) is 4. The highest BCUT2D eigenvalue weighted by Crippen LogP contribution is 2.02. The minimum atomic E-state index is -0.448. The monoisotopic (exact) mass is 222 g/mol.